The van der Waals surface area contributed by atoms with Crippen molar-refractivity contribution in [3.05, 3.63) is 21.9 Å². The molecule has 0 saturated carbocycles. The van der Waals surface area contributed by atoms with Crippen LogP contribution in [-0.2, 0) is 16.0 Å². The SMILES string of the molecule is COC(Cc1cc(C#N)cs1)C(=O)O. The summed E-state index contributed by atoms with van der Waals surface area (Å²) in [6.07, 6.45) is -0.529. The second-order valence-electron chi connectivity index (χ2n) is 2.68. The van der Waals surface area contributed by atoms with Gasteiger partial charge in [-0.1, -0.05) is 0 Å². The van der Waals surface area contributed by atoms with Crippen LogP contribution in [0, 0.1) is 11.3 Å². The first-order valence-electron chi connectivity index (χ1n) is 3.90. The van der Waals surface area contributed by atoms with Crippen LogP contribution in [0.25, 0.3) is 0 Å². The minimum absolute atomic E-state index is 0.304. The number of thiophene rings is 1. The molecule has 5 heteroatoms. The third-order valence-corrected chi connectivity index (χ3v) is 2.69. The standard InChI is InChI=1S/C9H9NO3S/c1-13-8(9(11)12)3-7-2-6(4-10)5-14-7/h2,5,8H,3H2,1H3,(H,11,12). The lowest BCUT2D eigenvalue weighted by atomic mass is 10.2. The van der Waals surface area contributed by atoms with Gasteiger partial charge in [0.05, 0.1) is 5.56 Å². The third kappa shape index (κ3) is 2.55. The predicted octanol–water partition coefficient (Wildman–Crippen LogP) is 1.26. The van der Waals surface area contributed by atoms with Gasteiger partial charge < -0.3 is 9.84 Å². The predicted molar refractivity (Wildman–Crippen MR) is 51.2 cm³/mol. The van der Waals surface area contributed by atoms with Gasteiger partial charge in [0.15, 0.2) is 6.10 Å². The van der Waals surface area contributed by atoms with Gasteiger partial charge in [-0.3, -0.25) is 0 Å². The van der Waals surface area contributed by atoms with E-state index >= 15 is 0 Å². The molecule has 0 aliphatic rings. The molecule has 0 aliphatic carbocycles. The quantitative estimate of drug-likeness (QED) is 0.814. The fourth-order valence-electron chi connectivity index (χ4n) is 1.00. The summed E-state index contributed by atoms with van der Waals surface area (Å²) in [5.41, 5.74) is 0.560. The Morgan fingerprint density at radius 2 is 2.57 bits per heavy atom. The molecule has 1 N–H and O–H groups in total. The lowest BCUT2D eigenvalue weighted by Crippen LogP contribution is -2.24. The summed E-state index contributed by atoms with van der Waals surface area (Å²) in [5.74, 6) is -0.987. The van der Waals surface area contributed by atoms with E-state index in [9.17, 15) is 4.79 Å². The van der Waals surface area contributed by atoms with Gasteiger partial charge in [0, 0.05) is 23.8 Å². The summed E-state index contributed by atoms with van der Waals surface area (Å²) in [5, 5.41) is 19.0. The number of ether oxygens (including phenoxy) is 1. The summed E-state index contributed by atoms with van der Waals surface area (Å²) in [6, 6.07) is 3.67. The highest BCUT2D eigenvalue weighted by atomic mass is 32.1. The monoisotopic (exact) mass is 211 g/mol. The smallest absolute Gasteiger partial charge is 0.333 e. The average molecular weight is 211 g/mol. The Morgan fingerprint density at radius 3 is 3.00 bits per heavy atom. The second-order valence-corrected chi connectivity index (χ2v) is 3.68. The molecule has 1 aromatic rings. The minimum atomic E-state index is -0.987. The van der Waals surface area contributed by atoms with Gasteiger partial charge in [-0.25, -0.2) is 4.79 Å². The van der Waals surface area contributed by atoms with Gasteiger partial charge in [0.2, 0.25) is 0 Å². The molecule has 0 bridgehead atoms. The number of hydrogen-bond donors (Lipinski definition) is 1. The third-order valence-electron chi connectivity index (χ3n) is 1.73. The Balaban J connectivity index is 2.68. The zero-order chi connectivity index (χ0) is 10.6. The van der Waals surface area contributed by atoms with Crippen molar-refractivity contribution in [1.82, 2.24) is 0 Å². The maximum absolute atomic E-state index is 10.6. The fourth-order valence-corrected chi connectivity index (χ4v) is 1.84. The number of nitriles is 1. The number of nitrogens with zero attached hydrogens (tertiary/aromatic N) is 1. The van der Waals surface area contributed by atoms with Gasteiger partial charge in [-0.05, 0) is 6.07 Å². The van der Waals surface area contributed by atoms with Crippen molar-refractivity contribution in [2.45, 2.75) is 12.5 Å². The first-order valence-corrected chi connectivity index (χ1v) is 4.78. The highest BCUT2D eigenvalue weighted by Gasteiger charge is 2.17. The van der Waals surface area contributed by atoms with Crippen molar-refractivity contribution in [2.24, 2.45) is 0 Å². The van der Waals surface area contributed by atoms with Crippen molar-refractivity contribution in [3.63, 3.8) is 0 Å². The summed E-state index contributed by atoms with van der Waals surface area (Å²) in [7, 11) is 1.36. The van der Waals surface area contributed by atoms with Crippen LogP contribution >= 0.6 is 11.3 Å². The molecule has 14 heavy (non-hydrogen) atoms. The van der Waals surface area contributed by atoms with Gasteiger partial charge in [-0.2, -0.15) is 5.26 Å². The molecule has 74 valence electrons. The Kier molecular flexibility index (Phi) is 3.63. The summed E-state index contributed by atoms with van der Waals surface area (Å²) in [6.45, 7) is 0. The van der Waals surface area contributed by atoms with E-state index in [0.717, 1.165) is 4.88 Å². The van der Waals surface area contributed by atoms with Crippen molar-refractivity contribution in [3.8, 4) is 6.07 Å². The number of rotatable bonds is 4. The molecule has 1 rings (SSSR count). The molecule has 1 atom stereocenters. The van der Waals surface area contributed by atoms with Crippen LogP contribution in [0.5, 0.6) is 0 Å². The second kappa shape index (κ2) is 4.74. The van der Waals surface area contributed by atoms with Crippen molar-refractivity contribution < 1.29 is 14.6 Å². The number of hydrogen-bond acceptors (Lipinski definition) is 4. The van der Waals surface area contributed by atoms with E-state index in [1.807, 2.05) is 6.07 Å². The largest absolute Gasteiger partial charge is 0.479 e. The van der Waals surface area contributed by atoms with Crippen LogP contribution in [0.2, 0.25) is 0 Å². The Hall–Kier alpha value is -1.38. The van der Waals surface area contributed by atoms with E-state index < -0.39 is 12.1 Å². The number of methoxy groups -OCH3 is 1. The molecular weight excluding hydrogens is 202 g/mol. The van der Waals surface area contributed by atoms with Gasteiger partial charge >= 0.3 is 5.97 Å². The Bertz CT molecular complexity index is 366. The number of carboxylic acids is 1. The van der Waals surface area contributed by atoms with Gasteiger partial charge in [-0.15, -0.1) is 11.3 Å². The normalized spacial score (nSPS) is 12.0. The molecule has 0 aliphatic heterocycles. The van der Waals surface area contributed by atoms with Crippen LogP contribution in [0.4, 0.5) is 0 Å². The molecule has 0 saturated heterocycles. The molecule has 0 aromatic carbocycles. The lowest BCUT2D eigenvalue weighted by molar-refractivity contribution is -0.148. The fraction of sp³-hybridized carbons (Fsp3) is 0.333. The first kappa shape index (κ1) is 10.7. The molecule has 0 radical (unpaired) electrons. The molecule has 0 amide bonds. The molecule has 1 aromatic heterocycles. The van der Waals surface area contributed by atoms with Crippen LogP contribution in [0.15, 0.2) is 11.4 Å². The van der Waals surface area contributed by atoms with E-state index in [1.54, 1.807) is 11.4 Å². The van der Waals surface area contributed by atoms with E-state index in [2.05, 4.69) is 0 Å². The van der Waals surface area contributed by atoms with Crippen molar-refractivity contribution in [1.29, 1.82) is 5.26 Å². The van der Waals surface area contributed by atoms with Gasteiger partial charge in [0.25, 0.3) is 0 Å². The highest BCUT2D eigenvalue weighted by molar-refractivity contribution is 7.10. The molecule has 1 unspecified atom stereocenters. The summed E-state index contributed by atoms with van der Waals surface area (Å²) < 4.78 is 4.78. The van der Waals surface area contributed by atoms with Crippen molar-refractivity contribution in [2.75, 3.05) is 7.11 Å². The average Bonchev–Trinajstić information content (AvgIpc) is 2.61. The van der Waals surface area contributed by atoms with Crippen LogP contribution in [0.3, 0.4) is 0 Å². The van der Waals surface area contributed by atoms with E-state index in [0.29, 0.717) is 12.0 Å². The molecule has 0 fully saturated rings. The Morgan fingerprint density at radius 1 is 1.86 bits per heavy atom. The molecule has 0 spiro atoms. The number of carboxylic acid groups (broad SMARTS) is 1. The molecule has 4 nitrogen and oxygen atoms in total. The van der Waals surface area contributed by atoms with Crippen LogP contribution < -0.4 is 0 Å². The Labute approximate surface area is 85.4 Å². The molecular formula is C9H9NO3S. The van der Waals surface area contributed by atoms with Crippen LogP contribution in [-0.4, -0.2) is 24.3 Å². The first-order chi connectivity index (χ1) is 6.67. The number of aliphatic carboxylic acids is 1. The summed E-state index contributed by atoms with van der Waals surface area (Å²) >= 11 is 1.37. The van der Waals surface area contributed by atoms with E-state index in [4.69, 9.17) is 15.1 Å². The van der Waals surface area contributed by atoms with Gasteiger partial charge in [0.1, 0.15) is 6.07 Å². The maximum atomic E-state index is 10.6. The summed E-state index contributed by atoms with van der Waals surface area (Å²) in [4.78, 5) is 11.5. The zero-order valence-corrected chi connectivity index (χ0v) is 8.37. The topological polar surface area (TPSA) is 70.3 Å². The zero-order valence-electron chi connectivity index (χ0n) is 7.56. The van der Waals surface area contributed by atoms with Crippen molar-refractivity contribution >= 4 is 17.3 Å². The lowest BCUT2D eigenvalue weighted by Gasteiger charge is -2.07. The van der Waals surface area contributed by atoms with E-state index in [-0.39, 0.29) is 0 Å². The number of carbonyl (C=O) groups is 1. The minimum Gasteiger partial charge on any atom is -0.479 e. The van der Waals surface area contributed by atoms with Crippen LogP contribution in [0.1, 0.15) is 10.4 Å². The van der Waals surface area contributed by atoms with E-state index in [1.165, 1.54) is 18.4 Å². The molecule has 1 heterocycles. The maximum Gasteiger partial charge on any atom is 0.333 e. The highest BCUT2D eigenvalue weighted by Crippen LogP contribution is 2.16.